The number of nitrogens with one attached hydrogen (secondary N) is 3. The molecule has 3 saturated heterocycles. The Bertz CT molecular complexity index is 565. The van der Waals surface area contributed by atoms with Crippen LogP contribution in [0.15, 0.2) is 0 Å². The SMILES string of the molecule is O=C1NNCC(N2CCC3NN(C4CCCCC4C(F)(F)F)CC3C2)C1Cl. The fourth-order valence-electron chi connectivity index (χ4n) is 5.24. The summed E-state index contributed by atoms with van der Waals surface area (Å²) in [5.74, 6) is -1.21. The van der Waals surface area contributed by atoms with E-state index < -0.39 is 23.5 Å². The second-order valence-corrected chi connectivity index (χ2v) is 8.74. The minimum Gasteiger partial charge on any atom is -0.297 e. The van der Waals surface area contributed by atoms with Gasteiger partial charge < -0.3 is 0 Å². The third kappa shape index (κ3) is 3.94. The van der Waals surface area contributed by atoms with Crippen molar-refractivity contribution in [2.45, 2.75) is 61.8 Å². The molecule has 4 aliphatic rings. The lowest BCUT2D eigenvalue weighted by molar-refractivity contribution is -0.201. The Hall–Kier alpha value is -0.610. The molecule has 154 valence electrons. The molecular weight excluding hydrogens is 383 g/mol. The van der Waals surface area contributed by atoms with E-state index in [0.29, 0.717) is 25.9 Å². The van der Waals surface area contributed by atoms with E-state index in [-0.39, 0.29) is 30.3 Å². The highest BCUT2D eigenvalue weighted by atomic mass is 35.5. The second kappa shape index (κ2) is 7.67. The van der Waals surface area contributed by atoms with Gasteiger partial charge in [0.25, 0.3) is 5.91 Å². The molecule has 27 heavy (non-hydrogen) atoms. The summed E-state index contributed by atoms with van der Waals surface area (Å²) in [6, 6.07) is -0.357. The third-order valence-corrected chi connectivity index (χ3v) is 7.15. The highest BCUT2D eigenvalue weighted by Crippen LogP contribution is 2.41. The van der Waals surface area contributed by atoms with Crippen molar-refractivity contribution < 1.29 is 18.0 Å². The maximum absolute atomic E-state index is 13.5. The number of piperidine rings is 1. The van der Waals surface area contributed by atoms with Crippen molar-refractivity contribution in [1.29, 1.82) is 0 Å². The standard InChI is InChI=1S/C17H27ClF3N5O/c18-15-14(7-22-23-16(15)27)25-6-5-12-10(8-25)9-26(24-12)13-4-2-1-3-11(13)17(19,20)21/h10-15,22,24H,1-9H2,(H,23,27). The Balaban J connectivity index is 1.40. The summed E-state index contributed by atoms with van der Waals surface area (Å²) < 4.78 is 40.4. The van der Waals surface area contributed by atoms with Crippen molar-refractivity contribution in [3.8, 4) is 0 Å². The number of hydrogen-bond donors (Lipinski definition) is 3. The lowest BCUT2D eigenvalue weighted by atomic mass is 9.83. The largest absolute Gasteiger partial charge is 0.393 e. The number of nitrogens with zero attached hydrogens (tertiary/aromatic N) is 2. The number of hydrogen-bond acceptors (Lipinski definition) is 5. The van der Waals surface area contributed by atoms with Gasteiger partial charge in [-0.2, -0.15) is 13.2 Å². The van der Waals surface area contributed by atoms with Gasteiger partial charge in [-0.1, -0.05) is 12.8 Å². The first-order valence-corrected chi connectivity index (χ1v) is 10.3. The molecule has 6 atom stereocenters. The van der Waals surface area contributed by atoms with E-state index in [1.165, 1.54) is 0 Å². The lowest BCUT2D eigenvalue weighted by Crippen LogP contribution is -2.64. The van der Waals surface area contributed by atoms with Gasteiger partial charge in [0.15, 0.2) is 0 Å². The molecule has 3 heterocycles. The molecule has 0 spiro atoms. The third-order valence-electron chi connectivity index (χ3n) is 6.66. The smallest absolute Gasteiger partial charge is 0.297 e. The summed E-state index contributed by atoms with van der Waals surface area (Å²) in [5.41, 5.74) is 8.81. The van der Waals surface area contributed by atoms with Gasteiger partial charge in [0.1, 0.15) is 5.38 Å². The lowest BCUT2D eigenvalue weighted by Gasteiger charge is -2.42. The number of amides is 1. The van der Waals surface area contributed by atoms with Gasteiger partial charge in [0.05, 0.1) is 5.92 Å². The van der Waals surface area contributed by atoms with Crippen LogP contribution in [0, 0.1) is 11.8 Å². The summed E-state index contributed by atoms with van der Waals surface area (Å²) >= 11 is 6.28. The predicted molar refractivity (Wildman–Crippen MR) is 94.7 cm³/mol. The summed E-state index contributed by atoms with van der Waals surface area (Å²) in [4.78, 5) is 14.0. The summed E-state index contributed by atoms with van der Waals surface area (Å²) in [6.07, 6.45) is -0.954. The zero-order valence-electron chi connectivity index (χ0n) is 15.1. The molecule has 4 fully saturated rings. The highest BCUT2D eigenvalue weighted by molar-refractivity contribution is 6.31. The van der Waals surface area contributed by atoms with Crippen LogP contribution in [0.1, 0.15) is 32.1 Å². The van der Waals surface area contributed by atoms with E-state index in [0.717, 1.165) is 25.9 Å². The summed E-state index contributed by atoms with van der Waals surface area (Å²) in [5, 5.41) is 1.27. The second-order valence-electron chi connectivity index (χ2n) is 8.27. The summed E-state index contributed by atoms with van der Waals surface area (Å²) in [7, 11) is 0. The number of alkyl halides is 4. The fraction of sp³-hybridized carbons (Fsp3) is 0.941. The number of likely N-dealkylation sites (tertiary alicyclic amines) is 1. The monoisotopic (exact) mass is 409 g/mol. The van der Waals surface area contributed by atoms with E-state index in [2.05, 4.69) is 21.2 Å². The number of rotatable bonds is 2. The summed E-state index contributed by atoms with van der Waals surface area (Å²) in [6.45, 7) is 2.74. The van der Waals surface area contributed by atoms with Crippen LogP contribution >= 0.6 is 11.6 Å². The van der Waals surface area contributed by atoms with Crippen LogP contribution in [0.2, 0.25) is 0 Å². The average molecular weight is 410 g/mol. The van der Waals surface area contributed by atoms with Gasteiger partial charge in [-0.3, -0.25) is 20.5 Å². The fourth-order valence-corrected chi connectivity index (χ4v) is 5.54. The van der Waals surface area contributed by atoms with Crippen molar-refractivity contribution >= 4 is 17.5 Å². The van der Waals surface area contributed by atoms with Crippen LogP contribution in [0.3, 0.4) is 0 Å². The van der Waals surface area contributed by atoms with Gasteiger partial charge in [-0.25, -0.2) is 10.4 Å². The van der Waals surface area contributed by atoms with Crippen LogP contribution < -0.4 is 16.3 Å². The van der Waals surface area contributed by atoms with E-state index in [1.54, 1.807) is 0 Å². The molecule has 0 aromatic carbocycles. The van der Waals surface area contributed by atoms with Gasteiger partial charge in [-0.15, -0.1) is 11.6 Å². The average Bonchev–Trinajstić information content (AvgIpc) is 3.06. The Labute approximate surface area is 162 Å². The minimum absolute atomic E-state index is 0.0898. The molecule has 3 aliphatic heterocycles. The van der Waals surface area contributed by atoms with Crippen molar-refractivity contribution in [2.24, 2.45) is 11.8 Å². The molecule has 0 radical (unpaired) electrons. The van der Waals surface area contributed by atoms with Crippen molar-refractivity contribution in [3.05, 3.63) is 0 Å². The van der Waals surface area contributed by atoms with Crippen molar-refractivity contribution in [3.63, 3.8) is 0 Å². The number of hydrazine groups is 2. The van der Waals surface area contributed by atoms with Crippen molar-refractivity contribution in [1.82, 2.24) is 26.2 Å². The normalized spacial score (nSPS) is 42.0. The molecule has 1 aliphatic carbocycles. The van der Waals surface area contributed by atoms with Crippen LogP contribution in [-0.4, -0.2) is 71.7 Å². The first-order valence-electron chi connectivity index (χ1n) is 9.85. The molecule has 0 bridgehead atoms. The van der Waals surface area contributed by atoms with Gasteiger partial charge >= 0.3 is 6.18 Å². The maximum Gasteiger partial charge on any atom is 0.393 e. The molecular formula is C17H27ClF3N5O. The van der Waals surface area contributed by atoms with Gasteiger partial charge in [0, 0.05) is 50.2 Å². The van der Waals surface area contributed by atoms with Crippen LogP contribution in [0.4, 0.5) is 13.2 Å². The molecule has 3 N–H and O–H groups in total. The minimum atomic E-state index is -4.14. The number of carbonyl (C=O) groups excluding carboxylic acids is 1. The maximum atomic E-state index is 13.5. The number of halogens is 4. The quantitative estimate of drug-likeness (QED) is 0.599. The van der Waals surface area contributed by atoms with Crippen LogP contribution in [0.5, 0.6) is 0 Å². The van der Waals surface area contributed by atoms with E-state index in [4.69, 9.17) is 11.6 Å². The Morgan fingerprint density at radius 3 is 2.63 bits per heavy atom. The first kappa shape index (κ1) is 19.7. The number of fused-ring (bicyclic) bond motifs is 1. The Morgan fingerprint density at radius 2 is 1.85 bits per heavy atom. The van der Waals surface area contributed by atoms with E-state index in [1.807, 2.05) is 5.01 Å². The molecule has 10 heteroatoms. The molecule has 0 aromatic heterocycles. The van der Waals surface area contributed by atoms with Gasteiger partial charge in [-0.05, 0) is 19.3 Å². The number of carbonyl (C=O) groups is 1. The van der Waals surface area contributed by atoms with Crippen molar-refractivity contribution in [2.75, 3.05) is 26.2 Å². The molecule has 1 amide bonds. The Kier molecular flexibility index (Phi) is 5.59. The molecule has 0 aromatic rings. The first-order chi connectivity index (χ1) is 12.8. The molecule has 6 unspecified atom stereocenters. The van der Waals surface area contributed by atoms with Crippen LogP contribution in [0.25, 0.3) is 0 Å². The zero-order valence-corrected chi connectivity index (χ0v) is 15.9. The zero-order chi connectivity index (χ0) is 19.2. The predicted octanol–water partition coefficient (Wildman–Crippen LogP) is 1.23. The van der Waals surface area contributed by atoms with Crippen LogP contribution in [-0.2, 0) is 4.79 Å². The molecule has 1 saturated carbocycles. The molecule has 4 rings (SSSR count). The van der Waals surface area contributed by atoms with E-state index >= 15 is 0 Å². The highest BCUT2D eigenvalue weighted by Gasteiger charge is 2.50. The van der Waals surface area contributed by atoms with Gasteiger partial charge in [0.2, 0.25) is 0 Å². The Morgan fingerprint density at radius 1 is 1.07 bits per heavy atom. The topological polar surface area (TPSA) is 59.6 Å². The molecule has 6 nitrogen and oxygen atoms in total. The van der Waals surface area contributed by atoms with E-state index in [9.17, 15) is 18.0 Å².